The first-order chi connectivity index (χ1) is 7.76. The molecule has 1 aromatic carbocycles. The lowest BCUT2D eigenvalue weighted by Gasteiger charge is -1.99. The van der Waals surface area contributed by atoms with Crippen molar-refractivity contribution < 1.29 is 9.53 Å². The van der Waals surface area contributed by atoms with E-state index in [1.165, 1.54) is 10.6 Å². The Bertz CT molecular complexity index is 271. The van der Waals surface area contributed by atoms with Crippen LogP contribution in [0.5, 0.6) is 0 Å². The van der Waals surface area contributed by atoms with Gasteiger partial charge in [0.1, 0.15) is 0 Å². The van der Waals surface area contributed by atoms with Gasteiger partial charge in [0.25, 0.3) is 0 Å². The van der Waals surface area contributed by atoms with Gasteiger partial charge in [-0.05, 0) is 19.1 Å². The largest absolute Gasteiger partial charge is 0.462 e. The Morgan fingerprint density at radius 2 is 1.69 bits per heavy atom. The maximum absolute atomic E-state index is 11.0. The first kappa shape index (κ1) is 15.2. The fourth-order valence-corrected chi connectivity index (χ4v) is 1.85. The molecule has 0 aliphatic rings. The highest BCUT2D eigenvalue weighted by Gasteiger charge is 2.02. The fraction of sp³-hybridized carbons (Fsp3) is 0.462. The quantitative estimate of drug-likeness (QED) is 0.593. The van der Waals surface area contributed by atoms with E-state index in [0.717, 1.165) is 0 Å². The predicted molar refractivity (Wildman–Crippen MR) is 70.5 cm³/mol. The smallest absolute Gasteiger partial charge is 0.338 e. The number of hydrogen-bond donors (Lipinski definition) is 0. The molecular formula is C13H21AlO2. The molecule has 3 heteroatoms. The van der Waals surface area contributed by atoms with Gasteiger partial charge in [-0.25, -0.2) is 4.79 Å². The molecule has 0 atom stereocenters. The van der Waals surface area contributed by atoms with Gasteiger partial charge in [-0.3, -0.25) is 0 Å². The number of carbonyl (C=O) groups is 1. The zero-order chi connectivity index (χ0) is 12.2. The molecule has 0 aliphatic carbocycles. The van der Waals surface area contributed by atoms with Crippen molar-refractivity contribution in [3.05, 3.63) is 35.9 Å². The van der Waals surface area contributed by atoms with Crippen LogP contribution in [0.4, 0.5) is 0 Å². The minimum atomic E-state index is -0.256. The second-order valence-electron chi connectivity index (χ2n) is 3.44. The van der Waals surface area contributed by atoms with Crippen LogP contribution < -0.4 is 0 Å². The third kappa shape index (κ3) is 7.51. The molecule has 0 aliphatic heterocycles. The summed E-state index contributed by atoms with van der Waals surface area (Å²) in [5, 5.41) is 2.97. The highest BCUT2D eigenvalue weighted by Crippen LogP contribution is 1.99. The van der Waals surface area contributed by atoms with E-state index in [1.54, 1.807) is 19.1 Å². The molecule has 1 rings (SSSR count). The zero-order valence-corrected chi connectivity index (χ0v) is 11.9. The van der Waals surface area contributed by atoms with Gasteiger partial charge in [0, 0.05) is 0 Å². The Kier molecular flexibility index (Phi) is 10.2. The van der Waals surface area contributed by atoms with Crippen LogP contribution in [0.25, 0.3) is 0 Å². The van der Waals surface area contributed by atoms with Crippen molar-refractivity contribution in [2.24, 2.45) is 0 Å². The van der Waals surface area contributed by atoms with Crippen molar-refractivity contribution in [1.29, 1.82) is 0 Å². The Morgan fingerprint density at radius 1 is 1.12 bits per heavy atom. The summed E-state index contributed by atoms with van der Waals surface area (Å²) in [6, 6.07) is 8.96. The van der Waals surface area contributed by atoms with Crippen LogP contribution in [0.3, 0.4) is 0 Å². The van der Waals surface area contributed by atoms with Gasteiger partial charge in [-0.15, -0.1) is 10.6 Å². The Labute approximate surface area is 105 Å². The first-order valence-corrected chi connectivity index (χ1v) is 7.98. The third-order valence-corrected chi connectivity index (χ3v) is 3.41. The van der Waals surface area contributed by atoms with E-state index in [9.17, 15) is 4.79 Å². The van der Waals surface area contributed by atoms with Crippen molar-refractivity contribution in [2.45, 2.75) is 31.3 Å². The van der Waals surface area contributed by atoms with E-state index in [4.69, 9.17) is 4.74 Å². The van der Waals surface area contributed by atoms with Gasteiger partial charge in [-0.2, -0.15) is 0 Å². The zero-order valence-electron chi connectivity index (χ0n) is 10.5. The topological polar surface area (TPSA) is 26.3 Å². The Morgan fingerprint density at radius 3 is 2.06 bits per heavy atom. The van der Waals surface area contributed by atoms with Crippen LogP contribution >= 0.6 is 0 Å². The fourth-order valence-electron chi connectivity index (χ4n) is 1.14. The normalized spacial score (nSPS) is 8.69. The number of esters is 1. The molecule has 0 aromatic heterocycles. The van der Waals surface area contributed by atoms with E-state index >= 15 is 0 Å². The maximum atomic E-state index is 11.0. The van der Waals surface area contributed by atoms with Crippen molar-refractivity contribution in [3.63, 3.8) is 0 Å². The van der Waals surface area contributed by atoms with Crippen molar-refractivity contribution in [3.8, 4) is 0 Å². The lowest BCUT2D eigenvalue weighted by Crippen LogP contribution is -2.03. The lowest BCUT2D eigenvalue weighted by molar-refractivity contribution is 0.0526. The van der Waals surface area contributed by atoms with Crippen LogP contribution in [0.1, 0.15) is 31.1 Å². The van der Waals surface area contributed by atoms with Crippen LogP contribution in [0, 0.1) is 0 Å². The molecule has 0 bridgehead atoms. The van der Waals surface area contributed by atoms with Gasteiger partial charge in [0.15, 0.2) is 0 Å². The highest BCUT2D eigenvalue weighted by molar-refractivity contribution is 6.34. The second kappa shape index (κ2) is 10.7. The summed E-state index contributed by atoms with van der Waals surface area (Å²) >= 11 is 0.432. The van der Waals surface area contributed by atoms with E-state index in [-0.39, 0.29) is 5.97 Å². The second-order valence-corrected chi connectivity index (χ2v) is 6.15. The predicted octanol–water partition coefficient (Wildman–Crippen LogP) is 3.16. The van der Waals surface area contributed by atoms with Crippen LogP contribution in [-0.4, -0.2) is 27.8 Å². The summed E-state index contributed by atoms with van der Waals surface area (Å²) in [5.41, 5.74) is 0.606. The average Bonchev–Trinajstić information content (AvgIpc) is 2.32. The molecule has 0 unspecified atom stereocenters. The molecule has 0 fully saturated rings. The molecular weight excluding hydrogens is 215 g/mol. The van der Waals surface area contributed by atoms with E-state index in [1.807, 2.05) is 18.2 Å². The highest BCUT2D eigenvalue weighted by atomic mass is 27.1. The molecule has 0 N–H and O–H groups in total. The Balaban J connectivity index is 0.000000385. The van der Waals surface area contributed by atoms with Crippen LogP contribution in [-0.2, 0) is 4.74 Å². The minimum Gasteiger partial charge on any atom is -0.462 e. The van der Waals surface area contributed by atoms with Crippen molar-refractivity contribution >= 4 is 21.2 Å². The van der Waals surface area contributed by atoms with E-state index in [0.29, 0.717) is 27.4 Å². The molecule has 0 saturated carbocycles. The van der Waals surface area contributed by atoms with Gasteiger partial charge in [0.2, 0.25) is 15.2 Å². The van der Waals surface area contributed by atoms with Crippen LogP contribution in [0.2, 0.25) is 10.6 Å². The molecule has 0 radical (unpaired) electrons. The SMILES string of the molecule is CCOC(=O)c1ccccc1.C[CH2][AlH][CH2]C. The summed E-state index contributed by atoms with van der Waals surface area (Å²) < 4.78 is 4.79. The first-order valence-electron chi connectivity index (χ1n) is 5.98. The van der Waals surface area contributed by atoms with Crippen molar-refractivity contribution in [1.82, 2.24) is 0 Å². The molecule has 2 nitrogen and oxygen atoms in total. The number of ether oxygens (including phenoxy) is 1. The third-order valence-electron chi connectivity index (χ3n) is 1.99. The molecule has 16 heavy (non-hydrogen) atoms. The molecule has 0 heterocycles. The average molecular weight is 236 g/mol. The minimum absolute atomic E-state index is 0.256. The summed E-state index contributed by atoms with van der Waals surface area (Å²) in [6.45, 7) is 6.76. The molecule has 1 aromatic rings. The van der Waals surface area contributed by atoms with Gasteiger partial charge in [0.05, 0.1) is 12.2 Å². The van der Waals surface area contributed by atoms with Gasteiger partial charge in [-0.1, -0.05) is 32.0 Å². The number of benzene rings is 1. The number of carbonyl (C=O) groups excluding carboxylic acids is 1. The maximum Gasteiger partial charge on any atom is 0.338 e. The van der Waals surface area contributed by atoms with Crippen LogP contribution in [0.15, 0.2) is 30.3 Å². The summed E-state index contributed by atoms with van der Waals surface area (Å²) in [6.07, 6.45) is 0. The van der Waals surface area contributed by atoms with Crippen molar-refractivity contribution in [2.75, 3.05) is 6.61 Å². The lowest BCUT2D eigenvalue weighted by atomic mass is 10.2. The molecule has 0 saturated heterocycles. The summed E-state index contributed by atoms with van der Waals surface area (Å²) in [7, 11) is 0. The number of rotatable bonds is 4. The van der Waals surface area contributed by atoms with Gasteiger partial charge >= 0.3 is 5.97 Å². The van der Waals surface area contributed by atoms with Gasteiger partial charge < -0.3 is 4.74 Å². The Hall–Kier alpha value is -0.778. The van der Waals surface area contributed by atoms with E-state index < -0.39 is 0 Å². The summed E-state index contributed by atoms with van der Waals surface area (Å²) in [4.78, 5) is 11.0. The number of hydrogen-bond acceptors (Lipinski definition) is 2. The molecule has 88 valence electrons. The monoisotopic (exact) mass is 236 g/mol. The summed E-state index contributed by atoms with van der Waals surface area (Å²) in [5.74, 6) is -0.256. The van der Waals surface area contributed by atoms with E-state index in [2.05, 4.69) is 13.8 Å². The molecule has 0 spiro atoms. The molecule has 0 amide bonds. The standard InChI is InChI=1S/C9H10O2.2C2H5.Al.H/c1-2-11-9(10)8-6-4-3-5-7-8;2*1-2;;/h3-7H,2H2,1H3;2*1H2,2H3;;.